The fourth-order valence-electron chi connectivity index (χ4n) is 2.42. The van der Waals surface area contributed by atoms with Gasteiger partial charge in [-0.15, -0.1) is 0 Å². The number of aromatic nitrogens is 2. The average molecular weight is 503 g/mol. The molecule has 0 atom stereocenters. The Morgan fingerprint density at radius 2 is 2.04 bits per heavy atom. The third-order valence-corrected chi connectivity index (χ3v) is 5.70. The third-order valence-electron chi connectivity index (χ3n) is 3.90. The van der Waals surface area contributed by atoms with Crippen molar-refractivity contribution in [3.8, 4) is 23.1 Å². The van der Waals surface area contributed by atoms with Crippen molar-refractivity contribution in [3.63, 3.8) is 0 Å². The zero-order valence-electron chi connectivity index (χ0n) is 14.5. The molecule has 0 fully saturated rings. The van der Waals surface area contributed by atoms with Gasteiger partial charge in [0.05, 0.1) is 16.4 Å². The number of phenolic OH excluding ortho intramolecular Hbond substituents is 1. The lowest BCUT2D eigenvalue weighted by Crippen LogP contribution is -2.16. The number of nitriles is 1. The summed E-state index contributed by atoms with van der Waals surface area (Å²) in [7, 11) is 0. The van der Waals surface area contributed by atoms with Crippen LogP contribution in [0.15, 0.2) is 55.2 Å². The average Bonchev–Trinajstić information content (AvgIpc) is 2.70. The van der Waals surface area contributed by atoms with Crippen LogP contribution in [0, 0.1) is 18.3 Å². The van der Waals surface area contributed by atoms with Gasteiger partial charge in [-0.25, -0.2) is 10.4 Å². The van der Waals surface area contributed by atoms with Crippen molar-refractivity contribution >= 4 is 44.0 Å². The number of hydrazone groups is 1. The van der Waals surface area contributed by atoms with Gasteiger partial charge in [0.1, 0.15) is 17.4 Å². The van der Waals surface area contributed by atoms with E-state index in [0.29, 0.717) is 15.6 Å². The lowest BCUT2D eigenvalue weighted by molar-refractivity contribution is 0.470. The molecule has 0 unspecified atom stereocenters. The molecule has 1 aromatic heterocycles. The summed E-state index contributed by atoms with van der Waals surface area (Å²) in [5.74, 6) is 0.112. The zero-order chi connectivity index (χ0) is 20.3. The Balaban J connectivity index is 1.94. The first-order valence-corrected chi connectivity index (χ1v) is 9.57. The van der Waals surface area contributed by atoms with Crippen molar-refractivity contribution in [2.45, 2.75) is 6.92 Å². The molecule has 3 aromatic rings. The summed E-state index contributed by atoms with van der Waals surface area (Å²) in [5, 5.41) is 23.5. The number of hydrogen-bond acceptors (Lipinski definition) is 6. The van der Waals surface area contributed by atoms with Gasteiger partial charge in [0.2, 0.25) is 5.95 Å². The lowest BCUT2D eigenvalue weighted by atomic mass is 10.1. The SMILES string of the molecule is Cc1c(Br)cc(C=NNc2nc(-c3ccccc3)c(C#N)c(=O)[nH]2)c(O)c1Br. The molecule has 0 aliphatic carbocycles. The van der Waals surface area contributed by atoms with Crippen LogP contribution >= 0.6 is 31.9 Å². The maximum Gasteiger partial charge on any atom is 0.270 e. The molecule has 9 heteroatoms. The Kier molecular flexibility index (Phi) is 5.92. The molecule has 1 heterocycles. The van der Waals surface area contributed by atoms with Gasteiger partial charge in [0, 0.05) is 15.6 Å². The van der Waals surface area contributed by atoms with Gasteiger partial charge in [-0.1, -0.05) is 46.3 Å². The van der Waals surface area contributed by atoms with Crippen molar-refractivity contribution in [2.24, 2.45) is 5.10 Å². The number of hydrogen-bond donors (Lipinski definition) is 3. The summed E-state index contributed by atoms with van der Waals surface area (Å²) in [5.41, 5.74) is 4.18. The Morgan fingerprint density at radius 1 is 1.32 bits per heavy atom. The highest BCUT2D eigenvalue weighted by Gasteiger charge is 2.13. The fourth-order valence-corrected chi connectivity index (χ4v) is 3.57. The predicted octanol–water partition coefficient (Wildman–Crippen LogP) is 4.29. The van der Waals surface area contributed by atoms with E-state index in [1.807, 2.05) is 19.1 Å². The number of nitrogens with one attached hydrogen (secondary N) is 2. The van der Waals surface area contributed by atoms with Crippen LogP contribution in [0.1, 0.15) is 16.7 Å². The van der Waals surface area contributed by atoms with E-state index in [0.717, 1.165) is 10.0 Å². The van der Waals surface area contributed by atoms with Gasteiger partial charge in [-0.3, -0.25) is 9.78 Å². The Bertz CT molecular complexity index is 1170. The van der Waals surface area contributed by atoms with E-state index in [2.05, 4.69) is 52.4 Å². The number of benzene rings is 2. The Hall–Kier alpha value is -2.96. The molecule has 3 rings (SSSR count). The molecule has 0 radical (unpaired) electrons. The first-order valence-electron chi connectivity index (χ1n) is 7.99. The van der Waals surface area contributed by atoms with Crippen molar-refractivity contribution in [2.75, 3.05) is 5.43 Å². The number of halogens is 2. The normalized spacial score (nSPS) is 10.8. The summed E-state index contributed by atoms with van der Waals surface area (Å²) in [4.78, 5) is 19.0. The Morgan fingerprint density at radius 3 is 2.71 bits per heavy atom. The minimum absolute atomic E-state index is 0.0394. The van der Waals surface area contributed by atoms with E-state index in [1.165, 1.54) is 6.21 Å². The lowest BCUT2D eigenvalue weighted by Gasteiger charge is -2.08. The molecule has 0 aliphatic heterocycles. The van der Waals surface area contributed by atoms with Gasteiger partial charge >= 0.3 is 0 Å². The first-order chi connectivity index (χ1) is 13.4. The van der Waals surface area contributed by atoms with Crippen molar-refractivity contribution in [1.82, 2.24) is 9.97 Å². The van der Waals surface area contributed by atoms with Gasteiger partial charge in [-0.05, 0) is 34.5 Å². The molecule has 28 heavy (non-hydrogen) atoms. The number of nitrogens with zero attached hydrogens (tertiary/aromatic N) is 3. The third kappa shape index (κ3) is 3.98. The molecule has 0 amide bonds. The summed E-state index contributed by atoms with van der Waals surface area (Å²) in [6.07, 6.45) is 1.39. The molecule has 0 bridgehead atoms. The second kappa shape index (κ2) is 8.37. The minimum Gasteiger partial charge on any atom is -0.506 e. The molecule has 0 saturated heterocycles. The molecule has 0 spiro atoms. The fraction of sp³-hybridized carbons (Fsp3) is 0.0526. The minimum atomic E-state index is -0.572. The molecule has 0 saturated carbocycles. The molecule has 7 nitrogen and oxygen atoms in total. The number of H-pyrrole nitrogens is 1. The largest absolute Gasteiger partial charge is 0.506 e. The molecular formula is C19H13Br2N5O2. The topological polar surface area (TPSA) is 114 Å². The van der Waals surface area contributed by atoms with Gasteiger partial charge in [-0.2, -0.15) is 10.4 Å². The van der Waals surface area contributed by atoms with Crippen LogP contribution < -0.4 is 11.0 Å². The van der Waals surface area contributed by atoms with E-state index in [4.69, 9.17) is 0 Å². The predicted molar refractivity (Wildman–Crippen MR) is 114 cm³/mol. The van der Waals surface area contributed by atoms with Crippen LogP contribution in [0.5, 0.6) is 5.75 Å². The monoisotopic (exact) mass is 501 g/mol. The van der Waals surface area contributed by atoms with E-state index in [1.54, 1.807) is 30.3 Å². The van der Waals surface area contributed by atoms with Crippen LogP contribution in [0.3, 0.4) is 0 Å². The summed E-state index contributed by atoms with van der Waals surface area (Å²) in [6, 6.07) is 12.5. The quantitative estimate of drug-likeness (QED) is 0.363. The maximum atomic E-state index is 12.2. The van der Waals surface area contributed by atoms with Crippen LogP contribution in [0.25, 0.3) is 11.3 Å². The number of anilines is 1. The highest BCUT2D eigenvalue weighted by molar-refractivity contribution is 9.11. The summed E-state index contributed by atoms with van der Waals surface area (Å²) >= 11 is 6.74. The van der Waals surface area contributed by atoms with Crippen molar-refractivity contribution < 1.29 is 5.11 Å². The first kappa shape index (κ1) is 19.8. The molecule has 2 aromatic carbocycles. The second-order valence-corrected chi connectivity index (χ2v) is 7.37. The number of rotatable bonds is 4. The van der Waals surface area contributed by atoms with Crippen molar-refractivity contribution in [1.29, 1.82) is 5.26 Å². The van der Waals surface area contributed by atoms with Gasteiger partial charge in [0.15, 0.2) is 0 Å². The van der Waals surface area contributed by atoms with Crippen LogP contribution in [-0.4, -0.2) is 21.3 Å². The number of aromatic hydroxyl groups is 1. The number of aromatic amines is 1. The van der Waals surface area contributed by atoms with Crippen molar-refractivity contribution in [3.05, 3.63) is 72.4 Å². The van der Waals surface area contributed by atoms with E-state index >= 15 is 0 Å². The van der Waals surface area contributed by atoms with Gasteiger partial charge < -0.3 is 5.11 Å². The van der Waals surface area contributed by atoms with Crippen LogP contribution in [-0.2, 0) is 0 Å². The van der Waals surface area contributed by atoms with Gasteiger partial charge in [0.25, 0.3) is 5.56 Å². The van der Waals surface area contributed by atoms with E-state index in [-0.39, 0.29) is 23.0 Å². The number of phenols is 1. The van der Waals surface area contributed by atoms with E-state index in [9.17, 15) is 15.2 Å². The van der Waals surface area contributed by atoms with Crippen LogP contribution in [0.4, 0.5) is 5.95 Å². The zero-order valence-corrected chi connectivity index (χ0v) is 17.7. The molecule has 3 N–H and O–H groups in total. The standard InChI is InChI=1S/C19H13Br2N5O2/c1-10-14(20)7-12(17(27)15(10)21)9-23-26-19-24-16(11-5-3-2-4-6-11)13(8-22)18(28)25-19/h2-7,9,27H,1H3,(H2,24,25,26,28). The Labute approximate surface area is 177 Å². The molecule has 0 aliphatic rings. The summed E-state index contributed by atoms with van der Waals surface area (Å²) < 4.78 is 1.36. The smallest absolute Gasteiger partial charge is 0.270 e. The highest BCUT2D eigenvalue weighted by atomic mass is 79.9. The molecular weight excluding hydrogens is 490 g/mol. The second-order valence-electron chi connectivity index (χ2n) is 5.72. The van der Waals surface area contributed by atoms with E-state index < -0.39 is 5.56 Å². The summed E-state index contributed by atoms with van der Waals surface area (Å²) in [6.45, 7) is 1.85. The maximum absolute atomic E-state index is 12.2. The molecule has 140 valence electrons. The highest BCUT2D eigenvalue weighted by Crippen LogP contribution is 2.35. The van der Waals surface area contributed by atoms with Crippen LogP contribution in [0.2, 0.25) is 0 Å².